The predicted molar refractivity (Wildman–Crippen MR) is 135 cm³/mol. The maximum Gasteiger partial charge on any atom is 0.323 e. The van der Waals surface area contributed by atoms with E-state index in [1.165, 1.54) is 38.7 Å². The molecular weight excluding hydrogens is 502 g/mol. The van der Waals surface area contributed by atoms with Gasteiger partial charge in [0.1, 0.15) is 11.0 Å². The second-order valence-electron chi connectivity index (χ2n) is 8.28. The Bertz CT molecular complexity index is 1270. The van der Waals surface area contributed by atoms with Gasteiger partial charge in [0, 0.05) is 31.7 Å². The SMILES string of the molecule is O=C(Nc1ccc(Br)cc1)N1Cc2c(sc3c2CCCC3)-n2cccc2[C@@H]1c1cccs1. The number of benzene rings is 1. The lowest BCUT2D eigenvalue weighted by molar-refractivity contribution is 0.195. The summed E-state index contributed by atoms with van der Waals surface area (Å²) in [5.74, 6) is 0. The lowest BCUT2D eigenvalue weighted by atomic mass is 9.95. The molecule has 0 fully saturated rings. The number of rotatable bonds is 2. The largest absolute Gasteiger partial charge is 0.323 e. The summed E-state index contributed by atoms with van der Waals surface area (Å²) in [7, 11) is 0. The van der Waals surface area contributed by atoms with Crippen molar-refractivity contribution in [2.24, 2.45) is 0 Å². The molecule has 1 aliphatic carbocycles. The third kappa shape index (κ3) is 3.43. The summed E-state index contributed by atoms with van der Waals surface area (Å²) in [6, 6.07) is 16.1. The van der Waals surface area contributed by atoms with Gasteiger partial charge in [-0.25, -0.2) is 4.79 Å². The highest BCUT2D eigenvalue weighted by molar-refractivity contribution is 9.10. The minimum Gasteiger partial charge on any atom is -0.310 e. The van der Waals surface area contributed by atoms with E-state index in [0.717, 1.165) is 28.7 Å². The average Bonchev–Trinajstić information content (AvgIpc) is 3.55. The number of hydrogen-bond donors (Lipinski definition) is 1. The zero-order valence-corrected chi connectivity index (χ0v) is 20.6. The fraction of sp³-hybridized carbons (Fsp3) is 0.240. The molecule has 4 nitrogen and oxygen atoms in total. The molecule has 1 aromatic carbocycles. The van der Waals surface area contributed by atoms with Crippen LogP contribution in [0.2, 0.25) is 0 Å². The van der Waals surface area contributed by atoms with Crippen LogP contribution in [-0.2, 0) is 19.4 Å². The van der Waals surface area contributed by atoms with Gasteiger partial charge < -0.3 is 14.8 Å². The molecule has 0 saturated carbocycles. The number of aromatic nitrogens is 1. The van der Waals surface area contributed by atoms with Crippen LogP contribution in [0.15, 0.2) is 64.6 Å². The summed E-state index contributed by atoms with van der Waals surface area (Å²) < 4.78 is 3.32. The molecule has 0 unspecified atom stereocenters. The smallest absolute Gasteiger partial charge is 0.310 e. The van der Waals surface area contributed by atoms with E-state index >= 15 is 0 Å². The van der Waals surface area contributed by atoms with Crippen LogP contribution in [0.25, 0.3) is 5.00 Å². The number of nitrogens with one attached hydrogen (secondary N) is 1. The zero-order chi connectivity index (χ0) is 21.7. The van der Waals surface area contributed by atoms with E-state index in [-0.39, 0.29) is 12.1 Å². The fourth-order valence-electron chi connectivity index (χ4n) is 4.86. The number of aryl methyl sites for hydroxylation is 1. The molecular formula is C25H22BrN3OS2. The summed E-state index contributed by atoms with van der Waals surface area (Å²) in [6.07, 6.45) is 6.92. The highest BCUT2D eigenvalue weighted by atomic mass is 79.9. The van der Waals surface area contributed by atoms with E-state index in [2.05, 4.69) is 61.7 Å². The topological polar surface area (TPSA) is 37.3 Å². The third-order valence-electron chi connectivity index (χ3n) is 6.35. The van der Waals surface area contributed by atoms with Crippen molar-refractivity contribution >= 4 is 50.3 Å². The minimum atomic E-state index is -0.126. The number of thiophene rings is 2. The Balaban J connectivity index is 1.48. The summed E-state index contributed by atoms with van der Waals surface area (Å²) >= 11 is 7.10. The van der Waals surface area contributed by atoms with Crippen LogP contribution in [0.4, 0.5) is 10.5 Å². The van der Waals surface area contributed by atoms with Gasteiger partial charge in [-0.3, -0.25) is 0 Å². The van der Waals surface area contributed by atoms with Crippen LogP contribution in [0, 0.1) is 0 Å². The first-order valence-corrected chi connectivity index (χ1v) is 13.4. The van der Waals surface area contributed by atoms with E-state index in [0.29, 0.717) is 6.54 Å². The third-order valence-corrected chi connectivity index (χ3v) is 9.13. The van der Waals surface area contributed by atoms with Gasteiger partial charge >= 0.3 is 6.03 Å². The summed E-state index contributed by atoms with van der Waals surface area (Å²) in [5.41, 5.74) is 4.75. The summed E-state index contributed by atoms with van der Waals surface area (Å²) in [5, 5.41) is 6.53. The fourth-order valence-corrected chi connectivity index (χ4v) is 7.38. The molecule has 1 atom stereocenters. The van der Waals surface area contributed by atoms with Crippen molar-refractivity contribution in [2.75, 3.05) is 5.32 Å². The van der Waals surface area contributed by atoms with E-state index < -0.39 is 0 Å². The number of halogens is 1. The van der Waals surface area contributed by atoms with Crippen LogP contribution in [0.3, 0.4) is 0 Å². The quantitative estimate of drug-likeness (QED) is 0.292. The van der Waals surface area contributed by atoms with E-state index in [9.17, 15) is 4.79 Å². The van der Waals surface area contributed by atoms with Gasteiger partial charge in [-0.2, -0.15) is 0 Å². The lowest BCUT2D eigenvalue weighted by Crippen LogP contribution is -2.37. The van der Waals surface area contributed by atoms with E-state index in [4.69, 9.17) is 0 Å². The highest BCUT2D eigenvalue weighted by Crippen LogP contribution is 2.44. The second kappa shape index (κ2) is 8.21. The Morgan fingerprint density at radius 3 is 2.69 bits per heavy atom. The normalized spacial score (nSPS) is 17.3. The Kier molecular flexibility index (Phi) is 5.20. The number of nitrogens with zero attached hydrogens (tertiary/aromatic N) is 2. The molecule has 32 heavy (non-hydrogen) atoms. The van der Waals surface area contributed by atoms with Gasteiger partial charge in [-0.15, -0.1) is 22.7 Å². The van der Waals surface area contributed by atoms with Crippen molar-refractivity contribution in [1.82, 2.24) is 9.47 Å². The average molecular weight is 525 g/mol. The molecule has 4 heterocycles. The maximum atomic E-state index is 13.7. The standard InChI is InChI=1S/C25H22BrN3OS2/c26-16-9-11-17(12-10-16)27-25(30)29-15-19-18-5-1-2-7-21(18)32-24(19)28-13-3-6-20(28)23(29)22-8-4-14-31-22/h3-4,6,8-14,23H,1-2,5,7,15H2,(H,27,30)/t23-/m1/s1. The van der Waals surface area contributed by atoms with E-state index in [1.807, 2.05) is 40.5 Å². The van der Waals surface area contributed by atoms with Crippen molar-refractivity contribution in [3.63, 3.8) is 0 Å². The minimum absolute atomic E-state index is 0.0675. The number of hydrogen-bond acceptors (Lipinski definition) is 3. The Morgan fingerprint density at radius 2 is 1.88 bits per heavy atom. The Hall–Kier alpha value is -2.35. The molecule has 3 aromatic heterocycles. The molecule has 6 rings (SSSR count). The monoisotopic (exact) mass is 523 g/mol. The number of carbonyl (C=O) groups is 1. The first-order chi connectivity index (χ1) is 15.7. The Morgan fingerprint density at radius 1 is 1.03 bits per heavy atom. The van der Waals surface area contributed by atoms with Crippen LogP contribution in [0.5, 0.6) is 0 Å². The van der Waals surface area contributed by atoms with Gasteiger partial charge in [-0.1, -0.05) is 22.0 Å². The van der Waals surface area contributed by atoms with Crippen LogP contribution in [-0.4, -0.2) is 15.5 Å². The van der Waals surface area contributed by atoms with Crippen LogP contribution < -0.4 is 5.32 Å². The molecule has 7 heteroatoms. The molecule has 162 valence electrons. The van der Waals surface area contributed by atoms with Crippen LogP contribution >= 0.6 is 38.6 Å². The van der Waals surface area contributed by atoms with Crippen molar-refractivity contribution in [2.45, 2.75) is 38.3 Å². The number of urea groups is 1. The van der Waals surface area contributed by atoms with Crippen molar-refractivity contribution < 1.29 is 4.79 Å². The molecule has 0 bridgehead atoms. The molecule has 2 amide bonds. The lowest BCUT2D eigenvalue weighted by Gasteiger charge is -2.30. The van der Waals surface area contributed by atoms with Gasteiger partial charge in [-0.05, 0) is 79.1 Å². The highest BCUT2D eigenvalue weighted by Gasteiger charge is 2.36. The number of anilines is 1. The van der Waals surface area contributed by atoms with Crippen molar-refractivity contribution in [1.29, 1.82) is 0 Å². The van der Waals surface area contributed by atoms with E-state index in [1.54, 1.807) is 11.3 Å². The first-order valence-electron chi connectivity index (χ1n) is 10.9. The van der Waals surface area contributed by atoms with Gasteiger partial charge in [0.25, 0.3) is 0 Å². The van der Waals surface area contributed by atoms with Crippen molar-refractivity contribution in [3.05, 3.63) is 91.2 Å². The maximum absolute atomic E-state index is 13.7. The van der Waals surface area contributed by atoms with Crippen molar-refractivity contribution in [3.8, 4) is 5.00 Å². The number of amides is 2. The van der Waals surface area contributed by atoms with Gasteiger partial charge in [0.2, 0.25) is 0 Å². The molecule has 0 radical (unpaired) electrons. The zero-order valence-electron chi connectivity index (χ0n) is 17.4. The van der Waals surface area contributed by atoms with Gasteiger partial charge in [0.15, 0.2) is 0 Å². The Labute approximate surface area is 203 Å². The number of carbonyl (C=O) groups excluding carboxylic acids is 1. The molecule has 0 saturated heterocycles. The molecule has 1 N–H and O–H groups in total. The first kappa shape index (κ1) is 20.3. The van der Waals surface area contributed by atoms with Crippen LogP contribution in [0.1, 0.15) is 45.5 Å². The summed E-state index contributed by atoms with van der Waals surface area (Å²) in [4.78, 5) is 18.4. The summed E-state index contributed by atoms with van der Waals surface area (Å²) in [6.45, 7) is 0.619. The predicted octanol–water partition coefficient (Wildman–Crippen LogP) is 7.38. The molecule has 1 aliphatic heterocycles. The number of fused-ring (bicyclic) bond motifs is 5. The second-order valence-corrected chi connectivity index (χ2v) is 11.3. The molecule has 0 spiro atoms. The molecule has 2 aliphatic rings. The van der Waals surface area contributed by atoms with Gasteiger partial charge in [0.05, 0.1) is 12.2 Å². The molecule has 4 aromatic rings.